The Balaban J connectivity index is -0.000000807. The molecule has 0 atom stereocenters. The van der Waals surface area contributed by atoms with E-state index >= 15 is 0 Å². The molecule has 6 N–H and O–H groups in total. The normalized spacial score (nSPS) is 12.6. The zero-order valence-electron chi connectivity index (χ0n) is 29.5. The first-order valence-electron chi connectivity index (χ1n) is 16.8. The SMILES string of the molecule is CCC/C=C(\O)CNCCN(CCC(=O)O)C/C(O)=C/CCC.CCC/C=C(\[O-])CNCCN(CCC(=O)O)C/C([O-])=C/CCC.[Ca+2]. The number of hydrogen-bond acceptors (Lipinski definition) is 10. The molecule has 0 bridgehead atoms. The third-order valence-corrected chi connectivity index (χ3v) is 6.52. The van der Waals surface area contributed by atoms with Crippen molar-refractivity contribution < 1.29 is 40.2 Å². The number of rotatable bonds is 28. The molecule has 0 saturated carbocycles. The molecule has 47 heavy (non-hydrogen) atoms. The number of allylic oxidation sites excluding steroid dienone is 4. The maximum absolute atomic E-state index is 11.8. The van der Waals surface area contributed by atoms with Gasteiger partial charge in [-0.15, -0.1) is 11.5 Å². The molecule has 12 nitrogen and oxygen atoms in total. The average Bonchev–Trinajstić information content (AvgIpc) is 3.02. The van der Waals surface area contributed by atoms with Gasteiger partial charge in [-0.1, -0.05) is 65.5 Å². The minimum Gasteiger partial charge on any atom is -0.875 e. The van der Waals surface area contributed by atoms with E-state index in [9.17, 15) is 30.0 Å². The van der Waals surface area contributed by atoms with Crippen molar-refractivity contribution >= 4 is 49.7 Å². The molecular weight excluding hydrogens is 632 g/mol. The van der Waals surface area contributed by atoms with Crippen LogP contribution in [0.15, 0.2) is 47.3 Å². The summed E-state index contributed by atoms with van der Waals surface area (Å²) in [5, 5.41) is 66.5. The van der Waals surface area contributed by atoms with Crippen LogP contribution in [-0.4, -0.2) is 145 Å². The van der Waals surface area contributed by atoms with E-state index in [4.69, 9.17) is 10.2 Å². The molecule has 0 radical (unpaired) electrons. The van der Waals surface area contributed by atoms with E-state index in [0.29, 0.717) is 58.1 Å². The molecule has 0 unspecified atom stereocenters. The molecule has 0 aromatic carbocycles. The maximum atomic E-state index is 11.8. The number of aliphatic hydroxyl groups is 2. The van der Waals surface area contributed by atoms with Gasteiger partial charge in [0.1, 0.15) is 11.5 Å². The van der Waals surface area contributed by atoms with E-state index in [1.54, 1.807) is 24.3 Å². The summed E-state index contributed by atoms with van der Waals surface area (Å²) < 4.78 is 0. The molecule has 0 spiro atoms. The van der Waals surface area contributed by atoms with E-state index < -0.39 is 11.9 Å². The summed E-state index contributed by atoms with van der Waals surface area (Å²) in [7, 11) is 0. The number of aliphatic hydroxyl groups excluding tert-OH is 2. The van der Waals surface area contributed by atoms with Gasteiger partial charge in [-0.3, -0.25) is 19.4 Å². The summed E-state index contributed by atoms with van der Waals surface area (Å²) in [4.78, 5) is 25.1. The van der Waals surface area contributed by atoms with E-state index in [2.05, 4.69) is 17.6 Å². The molecule has 0 saturated heterocycles. The van der Waals surface area contributed by atoms with E-state index in [1.165, 1.54) is 0 Å². The molecule has 0 aliphatic carbocycles. The van der Waals surface area contributed by atoms with Crippen LogP contribution >= 0.6 is 0 Å². The van der Waals surface area contributed by atoms with Gasteiger partial charge in [0.2, 0.25) is 0 Å². The van der Waals surface area contributed by atoms with Gasteiger partial charge in [-0.05, 0) is 37.8 Å². The zero-order valence-corrected chi connectivity index (χ0v) is 31.7. The Morgan fingerprint density at radius 1 is 0.574 bits per heavy atom. The largest absolute Gasteiger partial charge is 2.00 e. The second-order valence-corrected chi connectivity index (χ2v) is 11.1. The van der Waals surface area contributed by atoms with Crippen molar-refractivity contribution in [3.05, 3.63) is 47.3 Å². The van der Waals surface area contributed by atoms with Crippen molar-refractivity contribution in [1.29, 1.82) is 0 Å². The van der Waals surface area contributed by atoms with Crippen molar-refractivity contribution in [3.8, 4) is 0 Å². The maximum Gasteiger partial charge on any atom is 2.00 e. The Labute approximate surface area is 313 Å². The minimum absolute atomic E-state index is 0. The fraction of sp³-hybridized carbons (Fsp3) is 0.706. The number of carbonyl (C=O) groups is 2. The number of carboxylic acid groups (broad SMARTS) is 2. The molecule has 268 valence electrons. The van der Waals surface area contributed by atoms with Crippen molar-refractivity contribution in [1.82, 2.24) is 20.4 Å². The van der Waals surface area contributed by atoms with Crippen molar-refractivity contribution in [2.75, 3.05) is 65.4 Å². The summed E-state index contributed by atoms with van der Waals surface area (Å²) in [5.41, 5.74) is 0. The van der Waals surface area contributed by atoms with Gasteiger partial charge in [0.15, 0.2) is 0 Å². The summed E-state index contributed by atoms with van der Waals surface area (Å²) >= 11 is 0. The van der Waals surface area contributed by atoms with E-state index in [0.717, 1.165) is 51.4 Å². The Bertz CT molecular complexity index is 841. The quantitative estimate of drug-likeness (QED) is 0.0399. The Morgan fingerprint density at radius 2 is 0.979 bits per heavy atom. The van der Waals surface area contributed by atoms with Gasteiger partial charge < -0.3 is 41.3 Å². The molecule has 0 rings (SSSR count). The van der Waals surface area contributed by atoms with E-state index in [-0.39, 0.29) is 80.9 Å². The van der Waals surface area contributed by atoms with Crippen LogP contribution in [0.5, 0.6) is 0 Å². The van der Waals surface area contributed by atoms with Crippen LogP contribution in [0.1, 0.15) is 91.9 Å². The van der Waals surface area contributed by atoms with Crippen LogP contribution < -0.4 is 20.8 Å². The fourth-order valence-corrected chi connectivity index (χ4v) is 3.91. The molecule has 13 heteroatoms. The van der Waals surface area contributed by atoms with Crippen LogP contribution in [0.4, 0.5) is 0 Å². The third-order valence-electron chi connectivity index (χ3n) is 6.52. The summed E-state index contributed by atoms with van der Waals surface area (Å²) in [6.45, 7) is 12.4. The van der Waals surface area contributed by atoms with Gasteiger partial charge in [-0.2, -0.15) is 0 Å². The average molecular weight is 695 g/mol. The second-order valence-electron chi connectivity index (χ2n) is 11.1. The van der Waals surface area contributed by atoms with Crippen molar-refractivity contribution in [2.24, 2.45) is 0 Å². The van der Waals surface area contributed by atoms with Crippen molar-refractivity contribution in [2.45, 2.75) is 91.9 Å². The predicted octanol–water partition coefficient (Wildman–Crippen LogP) is 2.90. The zero-order chi connectivity index (χ0) is 35.0. The van der Waals surface area contributed by atoms with Gasteiger partial charge in [0.25, 0.3) is 0 Å². The van der Waals surface area contributed by atoms with Gasteiger partial charge >= 0.3 is 49.7 Å². The van der Waals surface area contributed by atoms with Gasteiger partial charge in [0.05, 0.1) is 25.9 Å². The Kier molecular flexibility index (Phi) is 37.5. The first-order valence-corrected chi connectivity index (χ1v) is 16.8. The number of nitrogens with zero attached hydrogens (tertiary/aromatic N) is 2. The monoisotopic (exact) mass is 694 g/mol. The third kappa shape index (κ3) is 36.9. The van der Waals surface area contributed by atoms with Gasteiger partial charge in [0, 0.05) is 52.4 Å². The van der Waals surface area contributed by atoms with E-state index in [1.807, 2.05) is 30.6 Å². The molecular formula is C34H62CaN4O8. The van der Waals surface area contributed by atoms with Crippen molar-refractivity contribution in [3.63, 3.8) is 0 Å². The minimum atomic E-state index is -0.878. The predicted molar refractivity (Wildman–Crippen MR) is 186 cm³/mol. The second kappa shape index (κ2) is 35.5. The molecule has 0 aromatic rings. The van der Waals surface area contributed by atoms with Gasteiger partial charge in [-0.25, -0.2) is 0 Å². The molecule has 0 heterocycles. The topological polar surface area (TPSA) is 192 Å². The van der Waals surface area contributed by atoms with Crippen LogP contribution in [0.25, 0.3) is 0 Å². The number of carboxylic acids is 2. The van der Waals surface area contributed by atoms with Crippen LogP contribution in [0.3, 0.4) is 0 Å². The number of unbranched alkanes of at least 4 members (excludes halogenated alkanes) is 4. The number of hydrogen-bond donors (Lipinski definition) is 6. The van der Waals surface area contributed by atoms with Crippen LogP contribution in [0, 0.1) is 0 Å². The van der Waals surface area contributed by atoms with Crippen LogP contribution in [-0.2, 0) is 9.59 Å². The molecule has 0 aliphatic rings. The fourth-order valence-electron chi connectivity index (χ4n) is 3.91. The summed E-state index contributed by atoms with van der Waals surface area (Å²) in [5.74, 6) is -1.03. The smallest absolute Gasteiger partial charge is 0.875 e. The molecule has 0 aliphatic heterocycles. The molecule has 0 aromatic heterocycles. The first kappa shape index (κ1) is 49.6. The molecule has 0 amide bonds. The molecule has 0 fully saturated rings. The number of nitrogens with one attached hydrogen (secondary N) is 2. The van der Waals surface area contributed by atoms with Crippen LogP contribution in [0.2, 0.25) is 0 Å². The standard InChI is InChI=1S/2C17H32N2O4.Ca/c2*1-3-5-7-15(20)13-18-10-12-19(11-9-17(22)23)14-16(21)8-6-4-2;/h2*7-8,18,20-21H,3-6,9-14H2,1-2H3,(H,22,23);/q;;+2/p-2/b2*15-7-,16-8-;. The Hall–Kier alpha value is -1.80. The first-order chi connectivity index (χ1) is 22.0. The summed E-state index contributed by atoms with van der Waals surface area (Å²) in [6, 6.07) is 0. The Morgan fingerprint density at radius 3 is 1.45 bits per heavy atom. The summed E-state index contributed by atoms with van der Waals surface area (Å²) in [6.07, 6.45) is 14.0. The number of aliphatic carboxylic acids is 2.